The number of piperazine rings is 1. The lowest BCUT2D eigenvalue weighted by Gasteiger charge is -2.42. The highest BCUT2D eigenvalue weighted by Gasteiger charge is 2.28. The quantitative estimate of drug-likeness (QED) is 0.218. The largest absolute Gasteiger partial charge is 0.371 e. The van der Waals surface area contributed by atoms with Crippen molar-refractivity contribution >= 4 is 74.2 Å². The summed E-state index contributed by atoms with van der Waals surface area (Å²) >= 11 is 3.58. The Balaban J connectivity index is 1.21. The Morgan fingerprint density at radius 2 is 1.64 bits per heavy atom. The zero-order valence-corrected chi connectivity index (χ0v) is 29.0. The number of nitrogens with one attached hydrogen (secondary N) is 3. The molecular formula is C31H41BrN11OP. The van der Waals surface area contributed by atoms with E-state index in [0.29, 0.717) is 44.3 Å². The molecular weight excluding hydrogens is 653 g/mol. The van der Waals surface area contributed by atoms with Crippen LogP contribution in [-0.2, 0) is 4.57 Å². The van der Waals surface area contributed by atoms with Crippen molar-refractivity contribution in [3.05, 3.63) is 46.8 Å². The molecule has 0 bridgehead atoms. The summed E-state index contributed by atoms with van der Waals surface area (Å²) in [7, 11) is 1.35. The number of piperidine rings is 1. The van der Waals surface area contributed by atoms with Crippen LogP contribution in [-0.4, -0.2) is 107 Å². The van der Waals surface area contributed by atoms with Crippen LogP contribution in [0.3, 0.4) is 0 Å². The third-order valence-corrected chi connectivity index (χ3v) is 10.7. The first kappa shape index (κ1) is 31.6. The third kappa shape index (κ3) is 6.91. The van der Waals surface area contributed by atoms with Crippen LogP contribution in [0.4, 0.5) is 34.8 Å². The predicted molar refractivity (Wildman–Crippen MR) is 188 cm³/mol. The molecule has 0 aliphatic carbocycles. The number of likely N-dealkylation sites (N-methyl/N-ethyl adjacent to an activating group) is 1. The van der Waals surface area contributed by atoms with Crippen molar-refractivity contribution in [2.75, 3.05) is 87.5 Å². The lowest BCUT2D eigenvalue weighted by atomic mass is 10.0. The summed E-state index contributed by atoms with van der Waals surface area (Å²) in [4.78, 5) is 30.7. The van der Waals surface area contributed by atoms with Gasteiger partial charge in [0.15, 0.2) is 5.82 Å². The summed E-state index contributed by atoms with van der Waals surface area (Å²) in [6, 6.07) is 6.48. The Bertz CT molecular complexity index is 1730. The molecule has 4 aromatic rings. The lowest BCUT2D eigenvalue weighted by molar-refractivity contribution is 0.0981. The summed E-state index contributed by atoms with van der Waals surface area (Å²) in [5.74, 6) is 2.67. The fourth-order valence-electron chi connectivity index (χ4n) is 6.27. The second-order valence-corrected chi connectivity index (χ2v) is 16.2. The Morgan fingerprint density at radius 3 is 2.36 bits per heavy atom. The molecule has 6 rings (SSSR count). The molecule has 3 N–H and O–H groups in total. The maximum absolute atomic E-state index is 13.4. The maximum atomic E-state index is 13.4. The molecule has 2 saturated heterocycles. The van der Waals surface area contributed by atoms with Gasteiger partial charge < -0.3 is 30.3 Å². The van der Waals surface area contributed by atoms with E-state index in [9.17, 15) is 4.57 Å². The minimum Gasteiger partial charge on any atom is -0.371 e. The summed E-state index contributed by atoms with van der Waals surface area (Å²) in [6.45, 7) is 12.2. The van der Waals surface area contributed by atoms with Gasteiger partial charge in [-0.1, -0.05) is 0 Å². The molecule has 0 saturated carbocycles. The molecule has 0 atom stereocenters. The fourth-order valence-corrected chi connectivity index (χ4v) is 7.95. The zero-order chi connectivity index (χ0) is 31.7. The summed E-state index contributed by atoms with van der Waals surface area (Å²) in [6.07, 6.45) is 7.24. The van der Waals surface area contributed by atoms with Gasteiger partial charge in [-0.05, 0) is 79.8 Å². The normalized spacial score (nSPS) is 17.1. The molecule has 238 valence electrons. The van der Waals surface area contributed by atoms with Gasteiger partial charge in [0.2, 0.25) is 5.95 Å². The number of anilines is 6. The molecule has 0 radical (unpaired) electrons. The highest BCUT2D eigenvalue weighted by Crippen LogP contribution is 2.41. The van der Waals surface area contributed by atoms with Crippen LogP contribution >= 0.6 is 23.1 Å². The first-order valence-corrected chi connectivity index (χ1v) is 18.7. The number of halogens is 1. The lowest BCUT2D eigenvalue weighted by Crippen LogP contribution is -2.52. The molecule has 45 heavy (non-hydrogen) atoms. The van der Waals surface area contributed by atoms with E-state index >= 15 is 0 Å². The van der Waals surface area contributed by atoms with Crippen LogP contribution in [0.2, 0.25) is 0 Å². The zero-order valence-electron chi connectivity index (χ0n) is 26.5. The fraction of sp³-hybridized carbons (Fsp3) is 0.452. The molecule has 12 nitrogen and oxygen atoms in total. The van der Waals surface area contributed by atoms with Gasteiger partial charge in [0, 0.05) is 70.9 Å². The van der Waals surface area contributed by atoms with Crippen molar-refractivity contribution in [2.24, 2.45) is 0 Å². The highest BCUT2D eigenvalue weighted by molar-refractivity contribution is 9.10. The SMILES string of the molecule is CNc1nc(N2CCC(N3CCN(C)CC3)CC2)c(C)cc1Nc1ncc(Br)c(Nc2ccc3nccnc3c2P(C)(C)=O)n1. The van der Waals surface area contributed by atoms with Gasteiger partial charge >= 0.3 is 0 Å². The van der Waals surface area contributed by atoms with E-state index < -0.39 is 7.14 Å². The Kier molecular flexibility index (Phi) is 9.24. The van der Waals surface area contributed by atoms with Gasteiger partial charge in [-0.25, -0.2) is 9.97 Å². The van der Waals surface area contributed by atoms with E-state index in [1.165, 1.54) is 0 Å². The van der Waals surface area contributed by atoms with Crippen molar-refractivity contribution in [1.29, 1.82) is 0 Å². The molecule has 3 aromatic heterocycles. The van der Waals surface area contributed by atoms with Gasteiger partial charge in [-0.15, -0.1) is 0 Å². The van der Waals surface area contributed by atoms with Crippen molar-refractivity contribution in [3.63, 3.8) is 0 Å². The number of rotatable bonds is 8. The monoisotopic (exact) mass is 693 g/mol. The summed E-state index contributed by atoms with van der Waals surface area (Å²) in [5.41, 5.74) is 3.84. The Hall–Kier alpha value is -3.38. The van der Waals surface area contributed by atoms with E-state index in [1.54, 1.807) is 31.9 Å². The Morgan fingerprint density at radius 1 is 0.911 bits per heavy atom. The molecule has 0 amide bonds. The smallest absolute Gasteiger partial charge is 0.229 e. The van der Waals surface area contributed by atoms with E-state index in [0.717, 1.165) is 75.0 Å². The van der Waals surface area contributed by atoms with Crippen LogP contribution in [0.25, 0.3) is 11.0 Å². The molecule has 2 fully saturated rings. The van der Waals surface area contributed by atoms with Crippen molar-refractivity contribution < 1.29 is 4.57 Å². The molecule has 14 heteroatoms. The second-order valence-electron chi connectivity index (χ2n) is 12.2. The van der Waals surface area contributed by atoms with E-state index in [2.05, 4.69) is 81.6 Å². The van der Waals surface area contributed by atoms with Crippen LogP contribution in [0, 0.1) is 6.92 Å². The van der Waals surface area contributed by atoms with Crippen molar-refractivity contribution in [3.8, 4) is 0 Å². The first-order valence-electron chi connectivity index (χ1n) is 15.3. The van der Waals surface area contributed by atoms with Crippen LogP contribution in [0.15, 0.2) is 41.3 Å². The first-order chi connectivity index (χ1) is 21.6. The molecule has 2 aliphatic heterocycles. The number of hydrogen-bond donors (Lipinski definition) is 3. The molecule has 0 spiro atoms. The predicted octanol–water partition coefficient (Wildman–Crippen LogP) is 4.88. The molecule has 2 aliphatic rings. The maximum Gasteiger partial charge on any atom is 0.229 e. The van der Waals surface area contributed by atoms with Crippen LogP contribution in [0.1, 0.15) is 18.4 Å². The molecule has 1 aromatic carbocycles. The number of pyridine rings is 1. The number of aryl methyl sites for hydroxylation is 1. The number of nitrogens with zero attached hydrogens (tertiary/aromatic N) is 8. The third-order valence-electron chi connectivity index (χ3n) is 8.64. The van der Waals surface area contributed by atoms with E-state index in [1.807, 2.05) is 19.2 Å². The number of hydrogen-bond acceptors (Lipinski definition) is 12. The van der Waals surface area contributed by atoms with E-state index in [-0.39, 0.29) is 0 Å². The second kappa shape index (κ2) is 13.2. The minimum atomic E-state index is -2.73. The van der Waals surface area contributed by atoms with Gasteiger partial charge in [-0.2, -0.15) is 4.98 Å². The highest BCUT2D eigenvalue weighted by atomic mass is 79.9. The van der Waals surface area contributed by atoms with Gasteiger partial charge in [0.05, 0.1) is 26.7 Å². The Labute approximate surface area is 273 Å². The number of aromatic nitrogens is 5. The minimum absolute atomic E-state index is 0.400. The van der Waals surface area contributed by atoms with Crippen molar-refractivity contribution in [1.82, 2.24) is 34.7 Å². The van der Waals surface area contributed by atoms with Crippen LogP contribution in [0.5, 0.6) is 0 Å². The van der Waals surface area contributed by atoms with Gasteiger partial charge in [0.1, 0.15) is 24.3 Å². The number of benzene rings is 1. The molecule has 0 unspecified atom stereocenters. The average Bonchev–Trinajstić information content (AvgIpc) is 3.02. The number of fused-ring (bicyclic) bond motifs is 1. The van der Waals surface area contributed by atoms with Crippen LogP contribution < -0.4 is 26.2 Å². The van der Waals surface area contributed by atoms with Gasteiger partial charge in [-0.3, -0.25) is 14.9 Å². The topological polar surface area (TPSA) is 127 Å². The molecule has 5 heterocycles. The summed E-state index contributed by atoms with van der Waals surface area (Å²) in [5, 5.41) is 10.6. The average molecular weight is 695 g/mol. The van der Waals surface area contributed by atoms with Crippen molar-refractivity contribution in [2.45, 2.75) is 25.8 Å². The standard InChI is InChI=1S/C31H41BrN11OP/c1-20-18-25(29(33-2)39-30(20)43-12-8-21(9-13-43)42-16-14-41(3)15-17-42)38-31-36-19-22(32)28(40-31)37-24-7-6-23-26(35-11-10-34-23)27(24)45(4,5)44/h6-7,10-11,18-19,21H,8-9,12-17H2,1-5H3,(H,33,39)(H2,36,37,38,40). The van der Waals surface area contributed by atoms with Gasteiger partial charge in [0.25, 0.3) is 0 Å². The van der Waals surface area contributed by atoms with E-state index in [4.69, 9.17) is 9.97 Å². The summed E-state index contributed by atoms with van der Waals surface area (Å²) < 4.78 is 14.1.